The molecule has 1 heterocycles. The number of halogens is 1. The highest BCUT2D eigenvalue weighted by Crippen LogP contribution is 2.23. The summed E-state index contributed by atoms with van der Waals surface area (Å²) in [5.74, 6) is 0.814. The second-order valence-corrected chi connectivity index (χ2v) is 8.05. The van der Waals surface area contributed by atoms with Crippen molar-refractivity contribution in [1.29, 1.82) is 0 Å². The number of nitrogens with zero attached hydrogens (tertiary/aromatic N) is 2. The monoisotopic (exact) mass is 363 g/mol. The van der Waals surface area contributed by atoms with Crippen molar-refractivity contribution in [3.8, 4) is 0 Å². The summed E-state index contributed by atoms with van der Waals surface area (Å²) in [6.45, 7) is 7.63. The van der Waals surface area contributed by atoms with Crippen molar-refractivity contribution in [1.82, 2.24) is 15.1 Å². The summed E-state index contributed by atoms with van der Waals surface area (Å²) in [6.07, 6.45) is 4.94. The lowest BCUT2D eigenvalue weighted by Crippen LogP contribution is -2.51. The van der Waals surface area contributed by atoms with Gasteiger partial charge in [-0.05, 0) is 36.5 Å². The highest BCUT2D eigenvalue weighted by atomic mass is 35.5. The first-order chi connectivity index (χ1) is 12.1. The minimum Gasteiger partial charge on any atom is -0.352 e. The van der Waals surface area contributed by atoms with Crippen LogP contribution in [0.3, 0.4) is 0 Å². The molecule has 1 saturated carbocycles. The Hall–Kier alpha value is -1.10. The molecular formula is C20H30ClN3O. The van der Waals surface area contributed by atoms with Crippen LogP contribution < -0.4 is 5.32 Å². The molecule has 1 aliphatic carbocycles. The van der Waals surface area contributed by atoms with Gasteiger partial charge in [-0.3, -0.25) is 14.6 Å². The van der Waals surface area contributed by atoms with Crippen LogP contribution in [0.1, 0.15) is 38.2 Å². The molecule has 1 saturated heterocycles. The van der Waals surface area contributed by atoms with Crippen LogP contribution in [0.25, 0.3) is 0 Å². The van der Waals surface area contributed by atoms with E-state index in [4.69, 9.17) is 11.6 Å². The third-order valence-corrected chi connectivity index (χ3v) is 5.82. The Balaban J connectivity index is 1.39. The molecule has 0 radical (unpaired) electrons. The average molecular weight is 364 g/mol. The van der Waals surface area contributed by atoms with Crippen LogP contribution in [0.5, 0.6) is 0 Å². The van der Waals surface area contributed by atoms with Gasteiger partial charge in [-0.2, -0.15) is 0 Å². The molecule has 2 aliphatic rings. The van der Waals surface area contributed by atoms with Crippen molar-refractivity contribution >= 4 is 17.5 Å². The van der Waals surface area contributed by atoms with E-state index < -0.39 is 0 Å². The second-order valence-electron chi connectivity index (χ2n) is 7.62. The summed E-state index contributed by atoms with van der Waals surface area (Å²) >= 11 is 6.06. The average Bonchev–Trinajstić information content (AvgIpc) is 2.59. The van der Waals surface area contributed by atoms with Crippen LogP contribution in [0.4, 0.5) is 0 Å². The second kappa shape index (κ2) is 9.02. The molecule has 0 spiro atoms. The molecule has 0 unspecified atom stereocenters. The maximum atomic E-state index is 12.4. The zero-order chi connectivity index (χ0) is 17.6. The third kappa shape index (κ3) is 5.70. The maximum absolute atomic E-state index is 12.4. The molecule has 138 valence electrons. The van der Waals surface area contributed by atoms with E-state index >= 15 is 0 Å². The van der Waals surface area contributed by atoms with E-state index in [0.717, 1.165) is 44.2 Å². The SMILES string of the molecule is C[C@H]1CCCC[C@H]1NC(=O)CN1CCN(Cc2cccc(Cl)c2)CC1. The van der Waals surface area contributed by atoms with Crippen molar-refractivity contribution in [2.75, 3.05) is 32.7 Å². The highest BCUT2D eigenvalue weighted by Gasteiger charge is 2.24. The Morgan fingerprint density at radius 2 is 1.88 bits per heavy atom. The molecule has 5 heteroatoms. The van der Waals surface area contributed by atoms with Gasteiger partial charge in [0.05, 0.1) is 6.54 Å². The summed E-state index contributed by atoms with van der Waals surface area (Å²) < 4.78 is 0. The summed E-state index contributed by atoms with van der Waals surface area (Å²) in [5.41, 5.74) is 1.25. The highest BCUT2D eigenvalue weighted by molar-refractivity contribution is 6.30. The van der Waals surface area contributed by atoms with E-state index in [1.165, 1.54) is 24.8 Å². The van der Waals surface area contributed by atoms with E-state index in [0.29, 0.717) is 18.5 Å². The number of hydrogen-bond donors (Lipinski definition) is 1. The van der Waals surface area contributed by atoms with Gasteiger partial charge in [-0.15, -0.1) is 0 Å². The number of carbonyl (C=O) groups is 1. The van der Waals surface area contributed by atoms with E-state index in [-0.39, 0.29) is 5.91 Å². The fourth-order valence-corrected chi connectivity index (χ4v) is 4.20. The smallest absolute Gasteiger partial charge is 0.234 e. The Bertz CT molecular complexity index is 572. The minimum atomic E-state index is 0.196. The molecule has 0 aromatic heterocycles. The lowest BCUT2D eigenvalue weighted by atomic mass is 9.86. The first-order valence-corrected chi connectivity index (χ1v) is 9.96. The predicted molar refractivity (Wildman–Crippen MR) is 103 cm³/mol. The van der Waals surface area contributed by atoms with Crippen LogP contribution in [-0.2, 0) is 11.3 Å². The summed E-state index contributed by atoms with van der Waals surface area (Å²) in [7, 11) is 0. The fourth-order valence-electron chi connectivity index (χ4n) is 3.99. The number of amides is 1. The van der Waals surface area contributed by atoms with Crippen LogP contribution in [-0.4, -0.2) is 54.5 Å². The van der Waals surface area contributed by atoms with Crippen LogP contribution in [0.2, 0.25) is 5.02 Å². The largest absolute Gasteiger partial charge is 0.352 e. The minimum absolute atomic E-state index is 0.196. The number of benzene rings is 1. The summed E-state index contributed by atoms with van der Waals surface area (Å²) in [6, 6.07) is 8.45. The standard InChI is InChI=1S/C20H30ClN3O/c1-16-5-2-3-8-19(16)22-20(25)15-24-11-9-23(10-12-24)14-17-6-4-7-18(21)13-17/h4,6-7,13,16,19H,2-3,5,8-12,14-15H2,1H3,(H,22,25)/t16-,19+/m0/s1. The van der Waals surface area contributed by atoms with Crippen molar-refractivity contribution in [3.63, 3.8) is 0 Å². The molecule has 25 heavy (non-hydrogen) atoms. The predicted octanol–water partition coefficient (Wildman–Crippen LogP) is 3.15. The Labute approximate surface area is 156 Å². The number of hydrogen-bond acceptors (Lipinski definition) is 3. The Morgan fingerprint density at radius 1 is 1.16 bits per heavy atom. The van der Waals surface area contributed by atoms with E-state index in [2.05, 4.69) is 28.1 Å². The van der Waals surface area contributed by atoms with Gasteiger partial charge in [0.15, 0.2) is 0 Å². The molecule has 4 nitrogen and oxygen atoms in total. The van der Waals surface area contributed by atoms with Crippen LogP contribution in [0, 0.1) is 5.92 Å². The normalized spacial score (nSPS) is 25.7. The molecule has 1 aromatic carbocycles. The van der Waals surface area contributed by atoms with E-state index in [9.17, 15) is 4.79 Å². The number of carbonyl (C=O) groups excluding carboxylic acids is 1. The van der Waals surface area contributed by atoms with Crippen LogP contribution in [0.15, 0.2) is 24.3 Å². The summed E-state index contributed by atoms with van der Waals surface area (Å²) in [5, 5.41) is 4.06. The van der Waals surface area contributed by atoms with Crippen molar-refractivity contribution < 1.29 is 4.79 Å². The molecule has 1 aromatic rings. The molecule has 1 amide bonds. The lowest BCUT2D eigenvalue weighted by Gasteiger charge is -2.35. The van der Waals surface area contributed by atoms with Gasteiger partial charge in [0.25, 0.3) is 0 Å². The van der Waals surface area contributed by atoms with E-state index in [1.54, 1.807) is 0 Å². The quantitative estimate of drug-likeness (QED) is 0.872. The third-order valence-electron chi connectivity index (χ3n) is 5.59. The van der Waals surface area contributed by atoms with Crippen LogP contribution >= 0.6 is 11.6 Å². The fraction of sp³-hybridized carbons (Fsp3) is 0.650. The molecule has 0 bridgehead atoms. The van der Waals surface area contributed by atoms with Gasteiger partial charge in [0.2, 0.25) is 5.91 Å². The summed E-state index contributed by atoms with van der Waals surface area (Å²) in [4.78, 5) is 17.1. The number of piperazine rings is 1. The zero-order valence-corrected chi connectivity index (χ0v) is 16.0. The van der Waals surface area contributed by atoms with Crippen molar-refractivity contribution in [2.24, 2.45) is 5.92 Å². The lowest BCUT2D eigenvalue weighted by molar-refractivity contribution is -0.124. The molecule has 1 aliphatic heterocycles. The van der Waals surface area contributed by atoms with Gasteiger partial charge in [-0.1, -0.05) is 43.5 Å². The molecule has 3 rings (SSSR count). The Morgan fingerprint density at radius 3 is 2.60 bits per heavy atom. The van der Waals surface area contributed by atoms with Gasteiger partial charge in [0.1, 0.15) is 0 Å². The van der Waals surface area contributed by atoms with Gasteiger partial charge in [-0.25, -0.2) is 0 Å². The first kappa shape index (κ1) is 18.7. The zero-order valence-electron chi connectivity index (χ0n) is 15.2. The number of nitrogens with one attached hydrogen (secondary N) is 1. The van der Waals surface area contributed by atoms with Gasteiger partial charge in [0, 0.05) is 43.8 Å². The molecule has 1 N–H and O–H groups in total. The van der Waals surface area contributed by atoms with E-state index in [1.807, 2.05) is 18.2 Å². The van der Waals surface area contributed by atoms with Gasteiger partial charge < -0.3 is 5.32 Å². The molecule has 2 atom stereocenters. The molecule has 2 fully saturated rings. The topological polar surface area (TPSA) is 35.6 Å². The maximum Gasteiger partial charge on any atom is 0.234 e. The van der Waals surface area contributed by atoms with Crippen molar-refractivity contribution in [3.05, 3.63) is 34.9 Å². The number of rotatable bonds is 5. The molecular weight excluding hydrogens is 334 g/mol. The first-order valence-electron chi connectivity index (χ1n) is 9.58. The van der Waals surface area contributed by atoms with Gasteiger partial charge >= 0.3 is 0 Å². The van der Waals surface area contributed by atoms with Crippen molar-refractivity contribution in [2.45, 2.75) is 45.2 Å². The Kier molecular flexibility index (Phi) is 6.74.